The molecular formula is C24H18N2O3. The molecule has 1 aromatic heterocycles. The van der Waals surface area contributed by atoms with Gasteiger partial charge < -0.3 is 4.42 Å². The summed E-state index contributed by atoms with van der Waals surface area (Å²) in [4.78, 5) is 24.4. The zero-order valence-electron chi connectivity index (χ0n) is 15.8. The number of anilines is 1. The van der Waals surface area contributed by atoms with E-state index in [0.717, 1.165) is 16.5 Å². The molecule has 0 spiro atoms. The summed E-state index contributed by atoms with van der Waals surface area (Å²) >= 11 is 0. The van der Waals surface area contributed by atoms with E-state index in [2.05, 4.69) is 10.5 Å². The number of carbonyl (C=O) groups is 1. The van der Waals surface area contributed by atoms with Gasteiger partial charge in [0.15, 0.2) is 5.78 Å². The first-order valence-corrected chi connectivity index (χ1v) is 9.15. The number of nitrogens with one attached hydrogen (secondary N) is 1. The summed E-state index contributed by atoms with van der Waals surface area (Å²) in [5.41, 5.74) is 5.92. The van der Waals surface area contributed by atoms with Crippen molar-refractivity contribution in [3.8, 4) is 11.1 Å². The van der Waals surface area contributed by atoms with E-state index in [4.69, 9.17) is 4.42 Å². The van der Waals surface area contributed by atoms with Crippen LogP contribution in [-0.2, 0) is 4.79 Å². The fourth-order valence-corrected chi connectivity index (χ4v) is 3.06. The highest BCUT2D eigenvalue weighted by molar-refractivity contribution is 6.45. The largest absolute Gasteiger partial charge is 0.422 e. The van der Waals surface area contributed by atoms with E-state index in [1.165, 1.54) is 6.92 Å². The Bertz CT molecular complexity index is 1260. The van der Waals surface area contributed by atoms with Crippen molar-refractivity contribution in [3.63, 3.8) is 0 Å². The minimum atomic E-state index is -0.405. The van der Waals surface area contributed by atoms with Crippen LogP contribution in [0.25, 0.3) is 22.1 Å². The summed E-state index contributed by atoms with van der Waals surface area (Å²) in [6.45, 7) is 1.47. The van der Waals surface area contributed by atoms with Crippen LogP contribution in [0.1, 0.15) is 12.5 Å². The third-order valence-corrected chi connectivity index (χ3v) is 4.50. The van der Waals surface area contributed by atoms with E-state index in [-0.39, 0.29) is 5.78 Å². The van der Waals surface area contributed by atoms with Crippen molar-refractivity contribution in [2.45, 2.75) is 6.92 Å². The predicted octanol–water partition coefficient (Wildman–Crippen LogP) is 4.87. The molecule has 5 heteroatoms. The smallest absolute Gasteiger partial charge is 0.344 e. The second kappa shape index (κ2) is 7.94. The van der Waals surface area contributed by atoms with Crippen molar-refractivity contribution in [2.75, 3.05) is 5.43 Å². The first kappa shape index (κ1) is 18.4. The molecule has 1 N–H and O–H groups in total. The lowest BCUT2D eigenvalue weighted by atomic mass is 10.1. The zero-order valence-corrected chi connectivity index (χ0v) is 15.8. The quantitative estimate of drug-likeness (QED) is 0.304. The van der Waals surface area contributed by atoms with Crippen LogP contribution in [0, 0.1) is 0 Å². The Morgan fingerprint density at radius 2 is 1.59 bits per heavy atom. The molecule has 0 atom stereocenters. The topological polar surface area (TPSA) is 71.7 Å². The van der Waals surface area contributed by atoms with Gasteiger partial charge in [-0.2, -0.15) is 5.10 Å². The SMILES string of the molecule is CC(=O)C(=NNc1ccc2cc(-c3ccccc3)c(=O)oc2c1)c1ccccc1. The van der Waals surface area contributed by atoms with Gasteiger partial charge >= 0.3 is 5.63 Å². The molecule has 4 aromatic rings. The Balaban J connectivity index is 1.67. The van der Waals surface area contributed by atoms with Crippen LogP contribution in [0.2, 0.25) is 0 Å². The number of nitrogens with zero attached hydrogens (tertiary/aromatic N) is 1. The van der Waals surface area contributed by atoms with Crippen LogP contribution in [0.3, 0.4) is 0 Å². The number of hydrazone groups is 1. The van der Waals surface area contributed by atoms with Gasteiger partial charge in [0.2, 0.25) is 0 Å². The molecule has 0 fully saturated rings. The van der Waals surface area contributed by atoms with Crippen LogP contribution >= 0.6 is 0 Å². The van der Waals surface area contributed by atoms with Gasteiger partial charge in [0.05, 0.1) is 11.3 Å². The molecule has 29 heavy (non-hydrogen) atoms. The molecule has 0 amide bonds. The van der Waals surface area contributed by atoms with Gasteiger partial charge in [0.25, 0.3) is 0 Å². The lowest BCUT2D eigenvalue weighted by Crippen LogP contribution is -2.13. The average Bonchev–Trinajstić information content (AvgIpc) is 2.74. The maximum absolute atomic E-state index is 12.4. The molecule has 1 heterocycles. The lowest BCUT2D eigenvalue weighted by molar-refractivity contribution is -0.111. The Labute approximate surface area is 167 Å². The van der Waals surface area contributed by atoms with E-state index in [9.17, 15) is 9.59 Å². The zero-order chi connectivity index (χ0) is 20.2. The van der Waals surface area contributed by atoms with E-state index in [0.29, 0.717) is 22.5 Å². The van der Waals surface area contributed by atoms with Crippen molar-refractivity contribution >= 4 is 28.2 Å². The van der Waals surface area contributed by atoms with Crippen molar-refractivity contribution in [2.24, 2.45) is 5.10 Å². The van der Waals surface area contributed by atoms with Gasteiger partial charge in [0.1, 0.15) is 11.3 Å². The number of Topliss-reactive ketones (excluding diaryl/α,β-unsaturated/α-hetero) is 1. The second-order valence-corrected chi connectivity index (χ2v) is 6.56. The Hall–Kier alpha value is -3.99. The third-order valence-electron chi connectivity index (χ3n) is 4.50. The van der Waals surface area contributed by atoms with Gasteiger partial charge in [-0.1, -0.05) is 60.7 Å². The highest BCUT2D eigenvalue weighted by Crippen LogP contribution is 2.23. The maximum atomic E-state index is 12.4. The van der Waals surface area contributed by atoms with E-state index >= 15 is 0 Å². The number of rotatable bonds is 5. The lowest BCUT2D eigenvalue weighted by Gasteiger charge is -2.07. The van der Waals surface area contributed by atoms with Crippen molar-refractivity contribution < 1.29 is 9.21 Å². The molecule has 3 aromatic carbocycles. The van der Waals surface area contributed by atoms with Crippen molar-refractivity contribution in [3.05, 3.63) is 101 Å². The van der Waals surface area contributed by atoms with Crippen LogP contribution in [0.5, 0.6) is 0 Å². The highest BCUT2D eigenvalue weighted by atomic mass is 16.4. The van der Waals surface area contributed by atoms with E-state index in [1.54, 1.807) is 6.07 Å². The predicted molar refractivity (Wildman–Crippen MR) is 115 cm³/mol. The number of fused-ring (bicyclic) bond motifs is 1. The molecule has 5 nitrogen and oxygen atoms in total. The minimum Gasteiger partial charge on any atom is -0.422 e. The Kier molecular flexibility index (Phi) is 5.03. The van der Waals surface area contributed by atoms with E-state index in [1.807, 2.05) is 78.9 Å². The summed E-state index contributed by atoms with van der Waals surface area (Å²) in [6.07, 6.45) is 0. The molecule has 0 aliphatic rings. The molecule has 0 radical (unpaired) electrons. The summed E-state index contributed by atoms with van der Waals surface area (Å²) in [7, 11) is 0. The molecule has 0 saturated heterocycles. The molecule has 0 saturated carbocycles. The maximum Gasteiger partial charge on any atom is 0.344 e. The Morgan fingerprint density at radius 1 is 0.897 bits per heavy atom. The number of benzene rings is 3. The number of ketones is 1. The first-order chi connectivity index (χ1) is 14.1. The van der Waals surface area contributed by atoms with Crippen LogP contribution in [0.4, 0.5) is 5.69 Å². The Morgan fingerprint density at radius 3 is 2.28 bits per heavy atom. The monoisotopic (exact) mass is 382 g/mol. The van der Waals surface area contributed by atoms with Crippen molar-refractivity contribution in [1.29, 1.82) is 0 Å². The van der Waals surface area contributed by atoms with Gasteiger partial charge in [-0.15, -0.1) is 0 Å². The van der Waals surface area contributed by atoms with Gasteiger partial charge in [-0.3, -0.25) is 10.2 Å². The second-order valence-electron chi connectivity index (χ2n) is 6.56. The van der Waals surface area contributed by atoms with Crippen molar-refractivity contribution in [1.82, 2.24) is 0 Å². The van der Waals surface area contributed by atoms with E-state index < -0.39 is 5.63 Å². The first-order valence-electron chi connectivity index (χ1n) is 9.15. The van der Waals surface area contributed by atoms with Crippen LogP contribution in [0.15, 0.2) is 99.2 Å². The average molecular weight is 382 g/mol. The molecule has 0 aliphatic carbocycles. The number of hydrogen-bond acceptors (Lipinski definition) is 5. The summed E-state index contributed by atoms with van der Waals surface area (Å²) in [5.74, 6) is -0.150. The molecule has 0 unspecified atom stereocenters. The number of carbonyl (C=O) groups excluding carboxylic acids is 1. The minimum absolute atomic E-state index is 0.150. The molecule has 142 valence electrons. The fraction of sp³-hybridized carbons (Fsp3) is 0.0417. The van der Waals surface area contributed by atoms with Gasteiger partial charge in [0, 0.05) is 23.9 Å². The van der Waals surface area contributed by atoms with Crippen LogP contribution < -0.4 is 11.1 Å². The summed E-state index contributed by atoms with van der Waals surface area (Å²) in [5, 5.41) is 5.05. The number of hydrogen-bond donors (Lipinski definition) is 1. The van der Waals surface area contributed by atoms with Gasteiger partial charge in [-0.25, -0.2) is 4.79 Å². The molecule has 4 rings (SSSR count). The molecule has 0 bridgehead atoms. The molecule has 0 aliphatic heterocycles. The normalized spacial score (nSPS) is 11.4. The van der Waals surface area contributed by atoms with Gasteiger partial charge in [-0.05, 0) is 23.8 Å². The highest BCUT2D eigenvalue weighted by Gasteiger charge is 2.10. The summed E-state index contributed by atoms with van der Waals surface area (Å²) in [6, 6.07) is 25.8. The standard InChI is InChI=1S/C24H18N2O3/c1-16(27)23(18-10-6-3-7-11-18)26-25-20-13-12-19-14-21(17-8-4-2-5-9-17)24(28)29-22(19)15-20/h2-15,25H,1H3. The molecular weight excluding hydrogens is 364 g/mol. The fourth-order valence-electron chi connectivity index (χ4n) is 3.06. The van der Waals surface area contributed by atoms with Crippen LogP contribution in [-0.4, -0.2) is 11.5 Å². The third kappa shape index (κ3) is 3.99. The summed E-state index contributed by atoms with van der Waals surface area (Å²) < 4.78 is 5.52.